The van der Waals surface area contributed by atoms with Gasteiger partial charge in [-0.3, -0.25) is 0 Å². The maximum absolute atomic E-state index is 11.5. The van der Waals surface area contributed by atoms with Gasteiger partial charge >= 0.3 is 6.03 Å². The van der Waals surface area contributed by atoms with Crippen LogP contribution >= 0.6 is 22.6 Å². The lowest BCUT2D eigenvalue weighted by atomic mass is 10.3. The van der Waals surface area contributed by atoms with Crippen molar-refractivity contribution in [3.05, 3.63) is 27.8 Å². The first-order valence-corrected chi connectivity index (χ1v) is 6.02. The van der Waals surface area contributed by atoms with Crippen LogP contribution in [-0.2, 0) is 0 Å². The van der Waals surface area contributed by atoms with Crippen molar-refractivity contribution in [1.29, 1.82) is 0 Å². The minimum atomic E-state index is -0.147. The number of carbonyl (C=O) groups excluding carboxylic acids is 1. The molecule has 0 bridgehead atoms. The number of anilines is 1. The number of nitrogens with one attached hydrogen (secondary N) is 2. The maximum atomic E-state index is 11.5. The molecule has 0 saturated heterocycles. The number of hydrogen-bond donors (Lipinski definition) is 2. The summed E-state index contributed by atoms with van der Waals surface area (Å²) >= 11 is 2.21. The third kappa shape index (κ3) is 4.51. The lowest BCUT2D eigenvalue weighted by Gasteiger charge is -2.12. The maximum Gasteiger partial charge on any atom is 0.319 e. The fraction of sp³-hybridized carbons (Fsp3) is 0.364. The molecule has 1 aromatic rings. The van der Waals surface area contributed by atoms with Gasteiger partial charge < -0.3 is 10.6 Å². The van der Waals surface area contributed by atoms with Crippen LogP contribution in [0.4, 0.5) is 10.5 Å². The summed E-state index contributed by atoms with van der Waals surface area (Å²) in [5.74, 6) is 0. The van der Waals surface area contributed by atoms with E-state index in [-0.39, 0.29) is 12.1 Å². The first-order chi connectivity index (χ1) is 7.11. The summed E-state index contributed by atoms with van der Waals surface area (Å²) < 4.78 is 1.11. The van der Waals surface area contributed by atoms with Crippen molar-refractivity contribution in [2.24, 2.45) is 0 Å². The molecule has 0 aliphatic heterocycles. The standard InChI is InChI=1S/C11H15IN2O/c1-3-8(2)13-11(15)14-10-6-4-5-9(12)7-10/h4-8H,3H2,1-2H3,(H2,13,14,15). The largest absolute Gasteiger partial charge is 0.335 e. The molecule has 1 aromatic carbocycles. The molecule has 3 nitrogen and oxygen atoms in total. The fourth-order valence-corrected chi connectivity index (χ4v) is 1.60. The minimum Gasteiger partial charge on any atom is -0.335 e. The number of amides is 2. The molecule has 0 spiro atoms. The number of hydrogen-bond acceptors (Lipinski definition) is 1. The molecular formula is C11H15IN2O. The van der Waals surface area contributed by atoms with Crippen molar-refractivity contribution in [1.82, 2.24) is 5.32 Å². The number of halogens is 1. The second-order valence-electron chi connectivity index (χ2n) is 3.42. The zero-order valence-corrected chi connectivity index (χ0v) is 11.0. The van der Waals surface area contributed by atoms with Gasteiger partial charge in [-0.15, -0.1) is 0 Å². The van der Waals surface area contributed by atoms with E-state index in [9.17, 15) is 4.79 Å². The SMILES string of the molecule is CCC(C)NC(=O)Nc1cccc(I)c1. The zero-order valence-electron chi connectivity index (χ0n) is 8.88. The van der Waals surface area contributed by atoms with Crippen molar-refractivity contribution in [2.45, 2.75) is 26.3 Å². The monoisotopic (exact) mass is 318 g/mol. The van der Waals surface area contributed by atoms with Gasteiger partial charge in [0.1, 0.15) is 0 Å². The van der Waals surface area contributed by atoms with Gasteiger partial charge in [-0.25, -0.2) is 4.79 Å². The Morgan fingerprint density at radius 1 is 1.53 bits per heavy atom. The van der Waals surface area contributed by atoms with Crippen molar-refractivity contribution >= 4 is 34.3 Å². The number of carbonyl (C=O) groups is 1. The highest BCUT2D eigenvalue weighted by Gasteiger charge is 2.04. The summed E-state index contributed by atoms with van der Waals surface area (Å²) in [6.45, 7) is 4.02. The van der Waals surface area contributed by atoms with E-state index < -0.39 is 0 Å². The first kappa shape index (κ1) is 12.3. The molecule has 82 valence electrons. The van der Waals surface area contributed by atoms with Crippen molar-refractivity contribution < 1.29 is 4.79 Å². The van der Waals surface area contributed by atoms with Crippen LogP contribution in [0.25, 0.3) is 0 Å². The molecule has 0 radical (unpaired) electrons. The molecular weight excluding hydrogens is 303 g/mol. The molecule has 0 fully saturated rings. The molecule has 0 aromatic heterocycles. The average Bonchev–Trinajstić information content (AvgIpc) is 2.17. The first-order valence-electron chi connectivity index (χ1n) is 4.95. The van der Waals surface area contributed by atoms with Gasteiger partial charge in [0.2, 0.25) is 0 Å². The van der Waals surface area contributed by atoms with E-state index in [1.54, 1.807) is 0 Å². The van der Waals surface area contributed by atoms with Crippen LogP contribution in [0, 0.1) is 3.57 Å². The molecule has 0 saturated carbocycles. The van der Waals surface area contributed by atoms with E-state index in [1.165, 1.54) is 0 Å². The summed E-state index contributed by atoms with van der Waals surface area (Å²) in [7, 11) is 0. The third-order valence-corrected chi connectivity index (χ3v) is 2.74. The highest BCUT2D eigenvalue weighted by molar-refractivity contribution is 14.1. The van der Waals surface area contributed by atoms with Gasteiger partial charge in [-0.2, -0.15) is 0 Å². The molecule has 0 heterocycles. The Kier molecular flexibility index (Phi) is 4.87. The van der Waals surface area contributed by atoms with E-state index in [0.717, 1.165) is 15.7 Å². The van der Waals surface area contributed by atoms with Crippen molar-refractivity contribution in [3.63, 3.8) is 0 Å². The van der Waals surface area contributed by atoms with E-state index >= 15 is 0 Å². The molecule has 2 amide bonds. The summed E-state index contributed by atoms with van der Waals surface area (Å²) in [6.07, 6.45) is 0.930. The van der Waals surface area contributed by atoms with Crippen LogP contribution in [0.15, 0.2) is 24.3 Å². The number of urea groups is 1. The van der Waals surface area contributed by atoms with Crippen LogP contribution in [-0.4, -0.2) is 12.1 Å². The molecule has 2 N–H and O–H groups in total. The second-order valence-corrected chi connectivity index (χ2v) is 4.66. The summed E-state index contributed by atoms with van der Waals surface area (Å²) in [5, 5.41) is 5.64. The van der Waals surface area contributed by atoms with Crippen molar-refractivity contribution in [2.75, 3.05) is 5.32 Å². The molecule has 1 atom stereocenters. The summed E-state index contributed by atoms with van der Waals surface area (Å²) in [5.41, 5.74) is 0.822. The lowest BCUT2D eigenvalue weighted by Crippen LogP contribution is -2.35. The van der Waals surface area contributed by atoms with Crippen LogP contribution < -0.4 is 10.6 Å². The summed E-state index contributed by atoms with van der Waals surface area (Å²) in [4.78, 5) is 11.5. The Morgan fingerprint density at radius 3 is 2.87 bits per heavy atom. The van der Waals surface area contributed by atoms with Crippen LogP contribution in [0.2, 0.25) is 0 Å². The lowest BCUT2D eigenvalue weighted by molar-refractivity contribution is 0.249. The van der Waals surface area contributed by atoms with Gasteiger partial charge in [0.05, 0.1) is 0 Å². The molecule has 0 aliphatic carbocycles. The van der Waals surface area contributed by atoms with Gasteiger partial charge in [0, 0.05) is 15.3 Å². The predicted molar refractivity (Wildman–Crippen MR) is 71.1 cm³/mol. The van der Waals surface area contributed by atoms with Gasteiger partial charge in [-0.1, -0.05) is 13.0 Å². The predicted octanol–water partition coefficient (Wildman–Crippen LogP) is 3.21. The van der Waals surface area contributed by atoms with E-state index in [2.05, 4.69) is 33.2 Å². The molecule has 0 aliphatic rings. The van der Waals surface area contributed by atoms with E-state index in [0.29, 0.717) is 0 Å². The topological polar surface area (TPSA) is 41.1 Å². The van der Waals surface area contributed by atoms with Crippen LogP contribution in [0.1, 0.15) is 20.3 Å². The average molecular weight is 318 g/mol. The van der Waals surface area contributed by atoms with Gasteiger partial charge in [-0.05, 0) is 54.1 Å². The zero-order chi connectivity index (χ0) is 11.3. The molecule has 15 heavy (non-hydrogen) atoms. The fourth-order valence-electron chi connectivity index (χ4n) is 1.06. The Morgan fingerprint density at radius 2 is 2.27 bits per heavy atom. The Balaban J connectivity index is 2.51. The molecule has 1 unspecified atom stereocenters. The highest BCUT2D eigenvalue weighted by atomic mass is 127. The quantitative estimate of drug-likeness (QED) is 0.826. The molecule has 4 heteroatoms. The Bertz CT molecular complexity index is 341. The van der Waals surface area contributed by atoms with E-state index in [1.807, 2.05) is 38.1 Å². The normalized spacial score (nSPS) is 11.9. The molecule has 1 rings (SSSR count). The number of rotatable bonds is 3. The van der Waals surface area contributed by atoms with Gasteiger partial charge in [0.15, 0.2) is 0 Å². The summed E-state index contributed by atoms with van der Waals surface area (Å²) in [6, 6.07) is 7.76. The van der Waals surface area contributed by atoms with Crippen LogP contribution in [0.3, 0.4) is 0 Å². The van der Waals surface area contributed by atoms with Crippen LogP contribution in [0.5, 0.6) is 0 Å². The second kappa shape index (κ2) is 5.95. The number of benzene rings is 1. The van der Waals surface area contributed by atoms with E-state index in [4.69, 9.17) is 0 Å². The smallest absolute Gasteiger partial charge is 0.319 e. The van der Waals surface area contributed by atoms with Crippen molar-refractivity contribution in [3.8, 4) is 0 Å². The van der Waals surface area contributed by atoms with Gasteiger partial charge in [0.25, 0.3) is 0 Å². The minimum absolute atomic E-state index is 0.147. The Labute approximate surface area is 104 Å². The highest BCUT2D eigenvalue weighted by Crippen LogP contribution is 2.12. The Hall–Kier alpha value is -0.780. The third-order valence-electron chi connectivity index (χ3n) is 2.07.